The third-order valence-electron chi connectivity index (χ3n) is 14.0. The van der Waals surface area contributed by atoms with Crippen molar-refractivity contribution in [1.82, 2.24) is 31.2 Å². The predicted molar refractivity (Wildman–Crippen MR) is 270 cm³/mol. The van der Waals surface area contributed by atoms with Crippen molar-refractivity contribution in [2.75, 3.05) is 57.4 Å². The van der Waals surface area contributed by atoms with Crippen molar-refractivity contribution in [2.45, 2.75) is 115 Å². The molecule has 0 radical (unpaired) electrons. The lowest BCUT2D eigenvalue weighted by molar-refractivity contribution is -0.144. The van der Waals surface area contributed by atoms with Crippen molar-refractivity contribution < 1.29 is 42.2 Å². The minimum absolute atomic E-state index is 0.00863. The lowest BCUT2D eigenvalue weighted by Crippen LogP contribution is -2.59. The Kier molecular flexibility index (Phi) is 19.7. The molecule has 4 N–H and O–H groups in total. The van der Waals surface area contributed by atoms with Gasteiger partial charge < -0.3 is 40.5 Å². The van der Waals surface area contributed by atoms with Gasteiger partial charge in [-0.15, -0.1) is 11.3 Å². The first-order valence-electron chi connectivity index (χ1n) is 25.5. The molecule has 2 aliphatic heterocycles. The van der Waals surface area contributed by atoms with Gasteiger partial charge >= 0.3 is 0 Å². The number of carbonyl (C=O) groups is 5. The molecule has 4 aromatic rings. The van der Waals surface area contributed by atoms with Crippen LogP contribution < -0.4 is 30.9 Å². The van der Waals surface area contributed by atoms with Crippen LogP contribution in [0.3, 0.4) is 0 Å². The number of hydrogen-bond acceptors (Lipinski definition) is 10. The molecular weight excluding hydrogens is 929 g/mol. The summed E-state index contributed by atoms with van der Waals surface area (Å²) in [5, 5.41) is 14.6. The lowest BCUT2D eigenvalue weighted by atomic mass is 9.83. The van der Waals surface area contributed by atoms with E-state index in [2.05, 4.69) is 31.2 Å². The van der Waals surface area contributed by atoms with E-state index in [1.54, 1.807) is 10.3 Å². The number of unbranched alkanes of at least 4 members (excludes halogenated alkanes) is 3. The summed E-state index contributed by atoms with van der Waals surface area (Å²) in [6, 6.07) is 19.0. The highest BCUT2D eigenvalue weighted by molar-refractivity contribution is 7.14. The first kappa shape index (κ1) is 52.9. The second-order valence-corrected chi connectivity index (χ2v) is 19.7. The molecular formula is C54H69F2N7O7S. The maximum absolute atomic E-state index is 15.0. The minimum atomic E-state index is -1.19. The molecule has 3 heterocycles. The van der Waals surface area contributed by atoms with E-state index in [0.717, 1.165) is 67.3 Å². The van der Waals surface area contributed by atoms with Gasteiger partial charge in [0.1, 0.15) is 18.1 Å². The highest BCUT2D eigenvalue weighted by atomic mass is 32.1. The van der Waals surface area contributed by atoms with Crippen LogP contribution in [0.15, 0.2) is 78.2 Å². The number of thiazole rings is 1. The lowest BCUT2D eigenvalue weighted by Gasteiger charge is -2.36. The number of rotatable bonds is 23. The number of halogens is 2. The molecule has 1 unspecified atom stereocenters. The fraction of sp³-hybridized carbons (Fsp3) is 0.519. The molecule has 382 valence electrons. The van der Waals surface area contributed by atoms with Crippen LogP contribution in [0, 0.1) is 23.5 Å². The Hall–Kier alpha value is -5.94. The number of ether oxygens (including phenoxy) is 2. The van der Waals surface area contributed by atoms with E-state index in [1.165, 1.54) is 17.4 Å². The number of anilines is 1. The number of amides is 5. The number of carbonyl (C=O) groups excluding carboxylic acids is 5. The first-order valence-corrected chi connectivity index (χ1v) is 26.4. The van der Waals surface area contributed by atoms with Crippen LogP contribution in [-0.2, 0) is 28.7 Å². The maximum atomic E-state index is 15.0. The molecule has 1 aliphatic carbocycles. The zero-order valence-corrected chi connectivity index (χ0v) is 41.8. The van der Waals surface area contributed by atoms with Crippen molar-refractivity contribution in [3.63, 3.8) is 0 Å². The van der Waals surface area contributed by atoms with Gasteiger partial charge in [-0.05, 0) is 74.1 Å². The Labute approximate surface area is 420 Å². The quantitative estimate of drug-likeness (QED) is 0.0549. The van der Waals surface area contributed by atoms with Crippen LogP contribution in [0.2, 0.25) is 0 Å². The summed E-state index contributed by atoms with van der Waals surface area (Å²) in [5.41, 5.74) is 2.35. The first-order chi connectivity index (χ1) is 34.5. The van der Waals surface area contributed by atoms with Gasteiger partial charge in [-0.25, -0.2) is 9.37 Å². The number of nitrogens with one attached hydrogen (secondary N) is 4. The van der Waals surface area contributed by atoms with Crippen LogP contribution in [0.5, 0.6) is 5.75 Å². The maximum Gasteiger partial charge on any atom is 0.257 e. The van der Waals surface area contributed by atoms with E-state index < -0.39 is 54.1 Å². The van der Waals surface area contributed by atoms with Gasteiger partial charge in [0.25, 0.3) is 5.91 Å². The summed E-state index contributed by atoms with van der Waals surface area (Å²) in [6.45, 7) is 6.84. The average Bonchev–Trinajstić information content (AvgIpc) is 4.11. The molecule has 14 nitrogen and oxygen atoms in total. The van der Waals surface area contributed by atoms with Crippen molar-refractivity contribution in [3.05, 3.63) is 101 Å². The van der Waals surface area contributed by atoms with Crippen molar-refractivity contribution in [1.29, 1.82) is 0 Å². The number of benzene rings is 3. The topological polar surface area (TPSA) is 171 Å². The van der Waals surface area contributed by atoms with Crippen LogP contribution in [-0.4, -0.2) is 110 Å². The summed E-state index contributed by atoms with van der Waals surface area (Å²) in [6.07, 6.45) is 9.17. The van der Waals surface area contributed by atoms with Gasteiger partial charge in [0.15, 0.2) is 23.3 Å². The van der Waals surface area contributed by atoms with Crippen molar-refractivity contribution >= 4 is 46.0 Å². The van der Waals surface area contributed by atoms with Gasteiger partial charge in [-0.2, -0.15) is 4.39 Å². The zero-order valence-electron chi connectivity index (χ0n) is 41.0. The third-order valence-corrected chi connectivity index (χ3v) is 14.9. The van der Waals surface area contributed by atoms with Crippen LogP contribution in [0.4, 0.5) is 13.9 Å². The van der Waals surface area contributed by atoms with Gasteiger partial charge in [0.2, 0.25) is 29.4 Å². The van der Waals surface area contributed by atoms with Gasteiger partial charge in [0.05, 0.1) is 18.9 Å². The second kappa shape index (κ2) is 26.5. The van der Waals surface area contributed by atoms with Crippen molar-refractivity contribution in [2.24, 2.45) is 11.8 Å². The highest BCUT2D eigenvalue weighted by Crippen LogP contribution is 2.37. The zero-order chi connectivity index (χ0) is 50.1. The van der Waals surface area contributed by atoms with Crippen LogP contribution in [0.25, 0.3) is 11.3 Å². The Morgan fingerprint density at radius 3 is 2.11 bits per heavy atom. The van der Waals surface area contributed by atoms with Gasteiger partial charge in [-0.3, -0.25) is 24.0 Å². The largest absolute Gasteiger partial charge is 0.480 e. The molecule has 2 saturated heterocycles. The molecule has 5 amide bonds. The summed E-state index contributed by atoms with van der Waals surface area (Å²) < 4.78 is 40.4. The second-order valence-electron chi connectivity index (χ2n) is 18.9. The summed E-state index contributed by atoms with van der Waals surface area (Å²) in [4.78, 5) is 77.8. The normalized spacial score (nSPS) is 17.6. The van der Waals surface area contributed by atoms with E-state index in [4.69, 9.17) is 9.47 Å². The highest BCUT2D eigenvalue weighted by Gasteiger charge is 2.43. The summed E-state index contributed by atoms with van der Waals surface area (Å²) >= 11 is 1.38. The number of morpholine rings is 1. The molecule has 3 aliphatic rings. The number of aromatic nitrogens is 1. The molecule has 3 aromatic carbocycles. The molecule has 1 aromatic heterocycles. The van der Waals surface area contributed by atoms with E-state index in [1.807, 2.05) is 74.5 Å². The van der Waals surface area contributed by atoms with E-state index in [9.17, 15) is 28.4 Å². The molecule has 1 saturated carbocycles. The molecule has 17 heteroatoms. The molecule has 0 spiro atoms. The average molecular weight is 998 g/mol. The number of hydrogen-bond donors (Lipinski definition) is 4. The molecule has 7 rings (SSSR count). The summed E-state index contributed by atoms with van der Waals surface area (Å²) in [7, 11) is 0. The standard InChI is InChI=1S/C54H69F2N7O7S/c1-3-36(2)50(65)60-47(39-22-13-8-14-23-39)53(68)63-29-17-24-43(63)51(66)61-48(45(37-18-9-6-10-19-37)38-20-11-7-12-21-38)52(67)58-28-16-5-4-15-27-57-44(64)34-70-49-40(25-26-41(55)46(49)56)42-35-71-54(59-42)62-30-32-69-33-31-62/h6-7,9-12,18-21,25-26,35-36,39,43,45,47-48H,3-5,8,13-17,22-24,27-34H2,1-2H3,(H,57,64)(H,58,67)(H,60,65)(H,61,66)/t36-,43?,47+,48+/m1/s1. The van der Waals surface area contributed by atoms with Gasteiger partial charge in [-0.1, -0.05) is 107 Å². The SMILES string of the molecule is CC[C@@H](C)C(=O)N[C@H](C(=O)N1CCCC1C(=O)N[C@H](C(=O)NCCCCCCNC(=O)COc1c(-c2csc(N3CCOCC3)n2)ccc(F)c1F)C(c1ccccc1)c1ccccc1)C1CCCCC1. The van der Waals surface area contributed by atoms with E-state index in [0.29, 0.717) is 83.7 Å². The third kappa shape index (κ3) is 14.1. The fourth-order valence-corrected chi connectivity index (χ4v) is 10.6. The Morgan fingerprint density at radius 1 is 0.789 bits per heavy atom. The number of likely N-dealkylation sites (tertiary alicyclic amines) is 1. The van der Waals surface area contributed by atoms with Crippen LogP contribution >= 0.6 is 11.3 Å². The van der Waals surface area contributed by atoms with E-state index >= 15 is 4.39 Å². The Balaban J connectivity index is 0.931. The predicted octanol–water partition coefficient (Wildman–Crippen LogP) is 7.52. The van der Waals surface area contributed by atoms with Crippen LogP contribution in [0.1, 0.15) is 108 Å². The molecule has 71 heavy (non-hydrogen) atoms. The number of nitrogens with zero attached hydrogens (tertiary/aromatic N) is 3. The van der Waals surface area contributed by atoms with Crippen molar-refractivity contribution in [3.8, 4) is 17.0 Å². The minimum Gasteiger partial charge on any atom is -0.480 e. The smallest absolute Gasteiger partial charge is 0.257 e. The molecule has 4 atom stereocenters. The fourth-order valence-electron chi connectivity index (χ4n) is 9.76. The summed E-state index contributed by atoms with van der Waals surface area (Å²) in [5.74, 6) is -5.10. The Bertz CT molecular complexity index is 2340. The Morgan fingerprint density at radius 2 is 1.45 bits per heavy atom. The van der Waals surface area contributed by atoms with Gasteiger partial charge in [0, 0.05) is 55.5 Å². The molecule has 3 fully saturated rings. The molecule has 0 bridgehead atoms. The monoisotopic (exact) mass is 997 g/mol. The van der Waals surface area contributed by atoms with E-state index in [-0.39, 0.29) is 40.9 Å².